The highest BCUT2D eigenvalue weighted by Crippen LogP contribution is 2.20. The Balaban J connectivity index is 3.78. The second kappa shape index (κ2) is 4.54. The van der Waals surface area contributed by atoms with Gasteiger partial charge in [0.1, 0.15) is 0 Å². The Hall–Kier alpha value is 0.690. The van der Waals surface area contributed by atoms with Gasteiger partial charge >= 0.3 is 0 Å². The topological polar surface area (TPSA) is 26.0 Å². The first-order valence-corrected chi connectivity index (χ1v) is 5.42. The number of halogens is 1. The van der Waals surface area contributed by atoms with Crippen LogP contribution in [0.1, 0.15) is 33.6 Å². The molecule has 10 heavy (non-hydrogen) atoms. The van der Waals surface area contributed by atoms with Gasteiger partial charge < -0.3 is 5.73 Å². The molecule has 62 valence electrons. The third kappa shape index (κ3) is 3.19. The van der Waals surface area contributed by atoms with Gasteiger partial charge in [-0.1, -0.05) is 42.9 Å². The Labute approximate surface area is 77.9 Å². The quantitative estimate of drug-likeness (QED) is 0.606. The normalized spacial score (nSPS) is 20.1. The van der Waals surface area contributed by atoms with Crippen molar-refractivity contribution in [2.24, 2.45) is 11.7 Å². The third-order valence-electron chi connectivity index (χ3n) is 2.14. The minimum atomic E-state index is 0.0383. The summed E-state index contributed by atoms with van der Waals surface area (Å²) >= 11 is 2.36. The molecule has 2 N–H and O–H groups in total. The zero-order valence-electron chi connectivity index (χ0n) is 7.15. The van der Waals surface area contributed by atoms with Crippen molar-refractivity contribution < 1.29 is 0 Å². The summed E-state index contributed by atoms with van der Waals surface area (Å²) in [5.41, 5.74) is 6.08. The molecule has 0 aromatic rings. The number of rotatable bonds is 4. The van der Waals surface area contributed by atoms with E-state index in [-0.39, 0.29) is 5.54 Å². The molecule has 0 aliphatic rings. The highest BCUT2D eigenvalue weighted by Gasteiger charge is 2.23. The highest BCUT2D eigenvalue weighted by molar-refractivity contribution is 14.1. The molecule has 0 aromatic heterocycles. The molecule has 0 unspecified atom stereocenters. The fraction of sp³-hybridized carbons (Fsp3) is 1.00. The van der Waals surface area contributed by atoms with Gasteiger partial charge in [0, 0.05) is 9.97 Å². The smallest absolute Gasteiger partial charge is 0.0242 e. The predicted molar refractivity (Wildman–Crippen MR) is 55.6 cm³/mol. The Morgan fingerprint density at radius 1 is 1.60 bits per heavy atom. The van der Waals surface area contributed by atoms with Crippen LogP contribution in [0.4, 0.5) is 0 Å². The van der Waals surface area contributed by atoms with Crippen molar-refractivity contribution in [2.75, 3.05) is 4.43 Å². The molecule has 0 fully saturated rings. The number of hydrogen-bond acceptors (Lipinski definition) is 1. The van der Waals surface area contributed by atoms with E-state index in [1.807, 2.05) is 0 Å². The summed E-state index contributed by atoms with van der Waals surface area (Å²) in [4.78, 5) is 0. The minimum Gasteiger partial charge on any atom is -0.324 e. The van der Waals surface area contributed by atoms with E-state index in [4.69, 9.17) is 5.73 Å². The first-order chi connectivity index (χ1) is 4.54. The molecule has 1 nitrogen and oxygen atoms in total. The van der Waals surface area contributed by atoms with Crippen LogP contribution in [0.2, 0.25) is 0 Å². The molecule has 0 heterocycles. The Kier molecular flexibility index (Phi) is 4.86. The van der Waals surface area contributed by atoms with E-state index < -0.39 is 0 Å². The van der Waals surface area contributed by atoms with E-state index >= 15 is 0 Å². The Morgan fingerprint density at radius 3 is 2.40 bits per heavy atom. The molecule has 0 spiro atoms. The molecule has 0 amide bonds. The molecule has 0 rings (SSSR count). The monoisotopic (exact) mass is 255 g/mol. The van der Waals surface area contributed by atoms with Crippen molar-refractivity contribution in [3.8, 4) is 0 Å². The Morgan fingerprint density at radius 2 is 2.10 bits per heavy atom. The van der Waals surface area contributed by atoms with Crippen LogP contribution >= 0.6 is 22.6 Å². The lowest BCUT2D eigenvalue weighted by Crippen LogP contribution is -2.44. The molecule has 0 aliphatic heterocycles. The van der Waals surface area contributed by atoms with E-state index in [9.17, 15) is 0 Å². The van der Waals surface area contributed by atoms with Crippen LogP contribution in [-0.2, 0) is 0 Å². The third-order valence-corrected chi connectivity index (χ3v) is 3.78. The van der Waals surface area contributed by atoms with Crippen LogP contribution < -0.4 is 5.73 Å². The zero-order valence-corrected chi connectivity index (χ0v) is 9.31. The van der Waals surface area contributed by atoms with E-state index in [2.05, 4.69) is 43.4 Å². The number of alkyl halides is 1. The average Bonchev–Trinajstić information content (AvgIpc) is 1.89. The highest BCUT2D eigenvalue weighted by atomic mass is 127. The van der Waals surface area contributed by atoms with E-state index in [0.717, 1.165) is 4.43 Å². The molecule has 0 aromatic carbocycles. The standard InChI is InChI=1S/C8H18IN/c1-4-5-7(2)8(3,10)6-9/h7H,4-6,10H2,1-3H3/t7-,8+/m1/s1. The number of nitrogens with two attached hydrogens (primary N) is 1. The molecule has 0 saturated heterocycles. The molecular formula is C8H18IN. The van der Waals surface area contributed by atoms with Gasteiger partial charge in [-0.2, -0.15) is 0 Å². The predicted octanol–water partition coefficient (Wildman–Crippen LogP) is 2.58. The summed E-state index contributed by atoms with van der Waals surface area (Å²) in [6, 6.07) is 0. The van der Waals surface area contributed by atoms with Gasteiger partial charge in [-0.15, -0.1) is 0 Å². The fourth-order valence-corrected chi connectivity index (χ4v) is 1.65. The fourth-order valence-electron chi connectivity index (χ4n) is 0.894. The van der Waals surface area contributed by atoms with Crippen LogP contribution in [0.15, 0.2) is 0 Å². The summed E-state index contributed by atoms with van der Waals surface area (Å²) in [5.74, 6) is 0.648. The van der Waals surface area contributed by atoms with Crippen LogP contribution in [0.3, 0.4) is 0 Å². The van der Waals surface area contributed by atoms with E-state index in [1.54, 1.807) is 0 Å². The average molecular weight is 255 g/mol. The molecule has 2 atom stereocenters. The van der Waals surface area contributed by atoms with Crippen LogP contribution in [0.5, 0.6) is 0 Å². The summed E-state index contributed by atoms with van der Waals surface area (Å²) in [7, 11) is 0. The van der Waals surface area contributed by atoms with E-state index in [1.165, 1.54) is 12.8 Å². The van der Waals surface area contributed by atoms with Gasteiger partial charge in [-0.05, 0) is 19.3 Å². The summed E-state index contributed by atoms with van der Waals surface area (Å²) in [6.07, 6.45) is 2.49. The molecular weight excluding hydrogens is 237 g/mol. The molecule has 0 radical (unpaired) electrons. The lowest BCUT2D eigenvalue weighted by molar-refractivity contribution is 0.335. The van der Waals surface area contributed by atoms with E-state index in [0.29, 0.717) is 5.92 Å². The van der Waals surface area contributed by atoms with Crippen molar-refractivity contribution >= 4 is 22.6 Å². The van der Waals surface area contributed by atoms with Gasteiger partial charge in [-0.3, -0.25) is 0 Å². The van der Waals surface area contributed by atoms with Crippen molar-refractivity contribution in [1.82, 2.24) is 0 Å². The van der Waals surface area contributed by atoms with Crippen LogP contribution in [0.25, 0.3) is 0 Å². The van der Waals surface area contributed by atoms with Crippen molar-refractivity contribution in [3.05, 3.63) is 0 Å². The second-order valence-electron chi connectivity index (χ2n) is 3.33. The van der Waals surface area contributed by atoms with Crippen molar-refractivity contribution in [1.29, 1.82) is 0 Å². The first kappa shape index (κ1) is 10.7. The molecule has 0 aliphatic carbocycles. The summed E-state index contributed by atoms with van der Waals surface area (Å²) in [5, 5.41) is 0. The van der Waals surface area contributed by atoms with Crippen molar-refractivity contribution in [2.45, 2.75) is 39.2 Å². The number of hydrogen-bond donors (Lipinski definition) is 1. The maximum absolute atomic E-state index is 6.04. The van der Waals surface area contributed by atoms with Gasteiger partial charge in [0.2, 0.25) is 0 Å². The van der Waals surface area contributed by atoms with Crippen LogP contribution in [-0.4, -0.2) is 9.97 Å². The van der Waals surface area contributed by atoms with Crippen LogP contribution in [0, 0.1) is 5.92 Å². The molecule has 2 heteroatoms. The van der Waals surface area contributed by atoms with Crippen molar-refractivity contribution in [3.63, 3.8) is 0 Å². The maximum Gasteiger partial charge on any atom is 0.0242 e. The lowest BCUT2D eigenvalue weighted by atomic mass is 9.87. The lowest BCUT2D eigenvalue weighted by Gasteiger charge is -2.29. The first-order valence-electron chi connectivity index (χ1n) is 3.89. The largest absolute Gasteiger partial charge is 0.324 e. The maximum atomic E-state index is 6.04. The molecule has 0 saturated carbocycles. The second-order valence-corrected chi connectivity index (χ2v) is 4.09. The summed E-state index contributed by atoms with van der Waals surface area (Å²) < 4.78 is 1.05. The SMILES string of the molecule is CCC[C@@H](C)[C@@](C)(N)CI. The Bertz CT molecular complexity index is 91.3. The van der Waals surface area contributed by atoms with Gasteiger partial charge in [-0.25, -0.2) is 0 Å². The van der Waals surface area contributed by atoms with Gasteiger partial charge in [0.05, 0.1) is 0 Å². The molecule has 0 bridgehead atoms. The zero-order chi connectivity index (χ0) is 8.20. The van der Waals surface area contributed by atoms with Gasteiger partial charge in [0.25, 0.3) is 0 Å². The summed E-state index contributed by atoms with van der Waals surface area (Å²) in [6.45, 7) is 6.59. The minimum absolute atomic E-state index is 0.0383. The van der Waals surface area contributed by atoms with Gasteiger partial charge in [0.15, 0.2) is 0 Å².